The summed E-state index contributed by atoms with van der Waals surface area (Å²) in [7, 11) is 3.32. The Morgan fingerprint density at radius 1 is 1.36 bits per heavy atom. The first-order valence-electron chi connectivity index (χ1n) is 4.60. The van der Waals surface area contributed by atoms with Gasteiger partial charge in [-0.15, -0.1) is 0 Å². The summed E-state index contributed by atoms with van der Waals surface area (Å²) in [5.74, 6) is 0.726. The molecule has 0 heterocycles. The Labute approximate surface area is 84.7 Å². The Hall–Kier alpha value is -1.06. The van der Waals surface area contributed by atoms with E-state index in [1.807, 2.05) is 26.0 Å². The quantitative estimate of drug-likeness (QED) is 0.718. The number of aliphatic hydroxyl groups is 1. The van der Waals surface area contributed by atoms with Crippen LogP contribution in [0.2, 0.25) is 0 Å². The molecular weight excluding hydrogens is 178 g/mol. The Morgan fingerprint density at radius 2 is 2.00 bits per heavy atom. The standard InChI is InChI=1S/C11H17NO2/c1-7-5-8(2)10(11(13)12-3)9(6-7)14-4/h5-6,11-13H,1-4H3. The van der Waals surface area contributed by atoms with E-state index in [0.717, 1.165) is 22.4 Å². The van der Waals surface area contributed by atoms with Gasteiger partial charge >= 0.3 is 0 Å². The highest BCUT2D eigenvalue weighted by molar-refractivity contribution is 5.44. The Balaban J connectivity index is 3.24. The molecule has 1 aromatic carbocycles. The first-order valence-corrected chi connectivity index (χ1v) is 4.60. The van der Waals surface area contributed by atoms with Crippen molar-refractivity contribution in [2.45, 2.75) is 20.1 Å². The van der Waals surface area contributed by atoms with E-state index in [0.29, 0.717) is 0 Å². The fraction of sp³-hybridized carbons (Fsp3) is 0.455. The average Bonchev–Trinajstić information content (AvgIpc) is 2.15. The fourth-order valence-electron chi connectivity index (χ4n) is 1.60. The zero-order chi connectivity index (χ0) is 10.7. The number of hydrogen-bond donors (Lipinski definition) is 2. The molecule has 0 aromatic heterocycles. The van der Waals surface area contributed by atoms with Gasteiger partial charge in [-0.25, -0.2) is 0 Å². The molecule has 3 heteroatoms. The van der Waals surface area contributed by atoms with Crippen LogP contribution in [0.25, 0.3) is 0 Å². The number of aliphatic hydroxyl groups excluding tert-OH is 1. The highest BCUT2D eigenvalue weighted by Gasteiger charge is 2.14. The van der Waals surface area contributed by atoms with Crippen molar-refractivity contribution < 1.29 is 9.84 Å². The average molecular weight is 195 g/mol. The van der Waals surface area contributed by atoms with E-state index < -0.39 is 6.23 Å². The maximum atomic E-state index is 9.72. The van der Waals surface area contributed by atoms with Crippen molar-refractivity contribution in [2.24, 2.45) is 0 Å². The van der Waals surface area contributed by atoms with E-state index in [4.69, 9.17) is 4.74 Å². The minimum absolute atomic E-state index is 0.675. The summed E-state index contributed by atoms with van der Waals surface area (Å²) in [5.41, 5.74) is 2.97. The van der Waals surface area contributed by atoms with Crippen LogP contribution in [-0.4, -0.2) is 19.3 Å². The smallest absolute Gasteiger partial charge is 0.134 e. The fourth-order valence-corrected chi connectivity index (χ4v) is 1.60. The van der Waals surface area contributed by atoms with Crippen LogP contribution < -0.4 is 10.1 Å². The molecule has 0 aliphatic rings. The summed E-state index contributed by atoms with van der Waals surface area (Å²) in [6, 6.07) is 3.95. The van der Waals surface area contributed by atoms with Crippen LogP contribution in [0.1, 0.15) is 22.9 Å². The number of benzene rings is 1. The Kier molecular flexibility index (Phi) is 3.49. The maximum Gasteiger partial charge on any atom is 0.134 e. The van der Waals surface area contributed by atoms with Crippen molar-refractivity contribution >= 4 is 0 Å². The third-order valence-corrected chi connectivity index (χ3v) is 2.26. The summed E-state index contributed by atoms with van der Waals surface area (Å²) >= 11 is 0. The minimum Gasteiger partial charge on any atom is -0.496 e. The SMILES string of the molecule is CNC(O)c1c(C)cc(C)cc1OC. The molecule has 0 spiro atoms. The summed E-state index contributed by atoms with van der Waals surface area (Å²) in [4.78, 5) is 0. The molecule has 0 radical (unpaired) electrons. The van der Waals surface area contributed by atoms with E-state index in [1.165, 1.54) is 0 Å². The molecule has 2 N–H and O–H groups in total. The highest BCUT2D eigenvalue weighted by Crippen LogP contribution is 2.28. The molecule has 0 amide bonds. The van der Waals surface area contributed by atoms with Gasteiger partial charge in [0, 0.05) is 5.56 Å². The summed E-state index contributed by atoms with van der Waals surface area (Å²) in [5, 5.41) is 12.5. The van der Waals surface area contributed by atoms with Gasteiger partial charge in [0.25, 0.3) is 0 Å². The van der Waals surface area contributed by atoms with Crippen LogP contribution in [-0.2, 0) is 0 Å². The molecule has 1 unspecified atom stereocenters. The number of rotatable bonds is 3. The third kappa shape index (κ3) is 2.05. The van der Waals surface area contributed by atoms with Crippen molar-refractivity contribution in [3.63, 3.8) is 0 Å². The molecule has 78 valence electrons. The van der Waals surface area contributed by atoms with Gasteiger partial charge in [-0.3, -0.25) is 5.32 Å². The minimum atomic E-state index is -0.675. The normalized spacial score (nSPS) is 12.6. The summed E-state index contributed by atoms with van der Waals surface area (Å²) < 4.78 is 5.23. The van der Waals surface area contributed by atoms with Gasteiger partial charge < -0.3 is 9.84 Å². The Morgan fingerprint density at radius 3 is 2.50 bits per heavy atom. The number of nitrogens with one attached hydrogen (secondary N) is 1. The lowest BCUT2D eigenvalue weighted by atomic mass is 10.0. The summed E-state index contributed by atoms with van der Waals surface area (Å²) in [6.45, 7) is 3.97. The second kappa shape index (κ2) is 4.44. The molecule has 1 rings (SSSR count). The van der Waals surface area contributed by atoms with Crippen LogP contribution >= 0.6 is 0 Å². The molecule has 14 heavy (non-hydrogen) atoms. The third-order valence-electron chi connectivity index (χ3n) is 2.26. The molecule has 1 atom stereocenters. The van der Waals surface area contributed by atoms with E-state index in [9.17, 15) is 5.11 Å². The maximum absolute atomic E-state index is 9.72. The number of aryl methyl sites for hydroxylation is 2. The first kappa shape index (κ1) is 11.0. The largest absolute Gasteiger partial charge is 0.496 e. The van der Waals surface area contributed by atoms with Crippen molar-refractivity contribution in [1.82, 2.24) is 5.32 Å². The number of methoxy groups -OCH3 is 1. The van der Waals surface area contributed by atoms with Crippen LogP contribution in [0.5, 0.6) is 5.75 Å². The zero-order valence-corrected chi connectivity index (χ0v) is 9.09. The number of ether oxygens (including phenoxy) is 1. The predicted octanol–water partition coefficient (Wildman–Crippen LogP) is 1.52. The lowest BCUT2D eigenvalue weighted by Gasteiger charge is -2.17. The predicted molar refractivity (Wildman–Crippen MR) is 56.5 cm³/mol. The van der Waals surface area contributed by atoms with E-state index in [1.54, 1.807) is 14.2 Å². The lowest BCUT2D eigenvalue weighted by molar-refractivity contribution is 0.145. The van der Waals surface area contributed by atoms with Crippen molar-refractivity contribution in [1.29, 1.82) is 0 Å². The van der Waals surface area contributed by atoms with Gasteiger partial charge in [0.1, 0.15) is 12.0 Å². The topological polar surface area (TPSA) is 41.5 Å². The van der Waals surface area contributed by atoms with Gasteiger partial charge in [0.15, 0.2) is 0 Å². The van der Waals surface area contributed by atoms with Crippen molar-refractivity contribution in [3.8, 4) is 5.75 Å². The van der Waals surface area contributed by atoms with E-state index in [-0.39, 0.29) is 0 Å². The molecule has 0 saturated carbocycles. The van der Waals surface area contributed by atoms with Crippen LogP contribution in [0, 0.1) is 13.8 Å². The molecule has 0 saturated heterocycles. The van der Waals surface area contributed by atoms with Gasteiger partial charge in [-0.05, 0) is 38.1 Å². The number of hydrogen-bond acceptors (Lipinski definition) is 3. The highest BCUT2D eigenvalue weighted by atomic mass is 16.5. The van der Waals surface area contributed by atoms with Crippen LogP contribution in [0.4, 0.5) is 0 Å². The van der Waals surface area contributed by atoms with Crippen LogP contribution in [0.15, 0.2) is 12.1 Å². The molecular formula is C11H17NO2. The van der Waals surface area contributed by atoms with Crippen LogP contribution in [0.3, 0.4) is 0 Å². The first-order chi connectivity index (χ1) is 6.60. The lowest BCUT2D eigenvalue weighted by Crippen LogP contribution is -2.17. The second-order valence-electron chi connectivity index (χ2n) is 3.39. The molecule has 3 nitrogen and oxygen atoms in total. The second-order valence-corrected chi connectivity index (χ2v) is 3.39. The van der Waals surface area contributed by atoms with E-state index in [2.05, 4.69) is 5.32 Å². The van der Waals surface area contributed by atoms with E-state index >= 15 is 0 Å². The summed E-state index contributed by atoms with van der Waals surface area (Å²) in [6.07, 6.45) is -0.675. The van der Waals surface area contributed by atoms with Gasteiger partial charge in [-0.1, -0.05) is 6.07 Å². The van der Waals surface area contributed by atoms with Gasteiger partial charge in [-0.2, -0.15) is 0 Å². The van der Waals surface area contributed by atoms with Gasteiger partial charge in [0.05, 0.1) is 7.11 Å². The molecule has 1 aromatic rings. The monoisotopic (exact) mass is 195 g/mol. The Bertz CT molecular complexity index is 323. The molecule has 0 aliphatic carbocycles. The molecule has 0 aliphatic heterocycles. The van der Waals surface area contributed by atoms with Gasteiger partial charge in [0.2, 0.25) is 0 Å². The molecule has 0 bridgehead atoms. The zero-order valence-electron chi connectivity index (χ0n) is 9.09. The van der Waals surface area contributed by atoms with Crippen molar-refractivity contribution in [3.05, 3.63) is 28.8 Å². The molecule has 0 fully saturated rings. The van der Waals surface area contributed by atoms with Crippen molar-refractivity contribution in [2.75, 3.05) is 14.2 Å².